The average Bonchev–Trinajstić information content (AvgIpc) is 2.70. The summed E-state index contributed by atoms with van der Waals surface area (Å²) in [6.45, 7) is 27.1. The van der Waals surface area contributed by atoms with E-state index in [9.17, 15) is 34.8 Å². The normalized spacial score (nSPS) is 20.2. The van der Waals surface area contributed by atoms with Crippen molar-refractivity contribution in [1.29, 1.82) is 0 Å². The molecule has 0 fully saturated rings. The van der Waals surface area contributed by atoms with Gasteiger partial charge in [0.15, 0.2) is 5.60 Å². The highest BCUT2D eigenvalue weighted by atomic mass is 16.4. The fraction of sp³-hybridized carbons (Fsp3) is 0.900. The molecule has 0 aliphatic rings. The smallest absolute Gasteiger partial charge is 0.337 e. The van der Waals surface area contributed by atoms with Gasteiger partial charge in [0.05, 0.1) is 0 Å². The third-order valence-electron chi connectivity index (χ3n) is 11.0. The van der Waals surface area contributed by atoms with Crippen LogP contribution in [0.25, 0.3) is 0 Å². The quantitative estimate of drug-likeness (QED) is 0.201. The molecule has 0 bridgehead atoms. The molecule has 0 aromatic rings. The maximum absolute atomic E-state index is 13.9. The maximum Gasteiger partial charge on any atom is 0.337 e. The van der Waals surface area contributed by atoms with Crippen LogP contribution in [0.1, 0.15) is 104 Å². The minimum Gasteiger partial charge on any atom is -0.481 e. The predicted octanol–water partition coefficient (Wildman–Crippen LogP) is 6.53. The van der Waals surface area contributed by atoms with Gasteiger partial charge in [-0.05, 0) is 51.8 Å². The van der Waals surface area contributed by atoms with Gasteiger partial charge in [0.25, 0.3) is 0 Å². The summed E-state index contributed by atoms with van der Waals surface area (Å²) >= 11 is 0. The van der Waals surface area contributed by atoms with Gasteiger partial charge in [-0.15, -0.1) is 0 Å². The summed E-state index contributed by atoms with van der Waals surface area (Å²) < 4.78 is 0. The second-order valence-electron chi connectivity index (χ2n) is 14.3. The average molecular weight is 529 g/mol. The van der Waals surface area contributed by atoms with Crippen LogP contribution in [0.5, 0.6) is 0 Å². The Morgan fingerprint density at radius 1 is 0.541 bits per heavy atom. The monoisotopic (exact) mass is 528 g/mol. The van der Waals surface area contributed by atoms with E-state index in [4.69, 9.17) is 0 Å². The van der Waals surface area contributed by atoms with Crippen LogP contribution in [0.2, 0.25) is 0 Å². The maximum atomic E-state index is 13.9. The van der Waals surface area contributed by atoms with E-state index in [1.807, 2.05) is 62.3 Å². The molecule has 0 aromatic carbocycles. The van der Waals surface area contributed by atoms with Gasteiger partial charge in [-0.3, -0.25) is 9.59 Å². The lowest BCUT2D eigenvalue weighted by Gasteiger charge is -2.65. The standard InChI is InChI=1S/C30H56O7/c1-16(2)19(7)26(10,11)22(23(31)32)29(37,24(33)34)30(25(35)36,27(12,13)20(8)17(3)4)28(14,15)21(9)18(5)6/h16-22,37H,1-15H3,(H,31,32)(H,33,34)(H,35,36). The molecule has 5 atom stereocenters. The molecule has 0 heterocycles. The van der Waals surface area contributed by atoms with Crippen LogP contribution in [-0.4, -0.2) is 43.9 Å². The van der Waals surface area contributed by atoms with Crippen molar-refractivity contribution in [1.82, 2.24) is 0 Å². The Bertz CT molecular complexity index is 811. The molecule has 0 saturated heterocycles. The second kappa shape index (κ2) is 11.2. The molecule has 0 spiro atoms. The van der Waals surface area contributed by atoms with Crippen molar-refractivity contribution in [3.05, 3.63) is 0 Å². The van der Waals surface area contributed by atoms with Gasteiger partial charge in [0, 0.05) is 0 Å². The van der Waals surface area contributed by atoms with Gasteiger partial charge in [0.1, 0.15) is 11.3 Å². The number of carboxylic acids is 3. The lowest BCUT2D eigenvalue weighted by Crippen LogP contribution is -2.77. The van der Waals surface area contributed by atoms with Gasteiger partial charge < -0.3 is 20.4 Å². The van der Waals surface area contributed by atoms with Gasteiger partial charge >= 0.3 is 17.9 Å². The molecule has 0 radical (unpaired) electrons. The van der Waals surface area contributed by atoms with Crippen LogP contribution in [0, 0.1) is 63.1 Å². The lowest BCUT2D eigenvalue weighted by molar-refractivity contribution is -0.271. The van der Waals surface area contributed by atoms with E-state index in [2.05, 4.69) is 0 Å². The zero-order valence-corrected chi connectivity index (χ0v) is 26.1. The number of hydrogen-bond donors (Lipinski definition) is 4. The summed E-state index contributed by atoms with van der Waals surface area (Å²) in [5.74, 6) is -8.03. The molecule has 218 valence electrons. The van der Waals surface area contributed by atoms with E-state index < -0.39 is 51.1 Å². The Morgan fingerprint density at radius 2 is 0.838 bits per heavy atom. The van der Waals surface area contributed by atoms with Crippen molar-refractivity contribution in [2.24, 2.45) is 63.1 Å². The molecule has 0 aromatic heterocycles. The van der Waals surface area contributed by atoms with Crippen molar-refractivity contribution < 1.29 is 34.8 Å². The molecule has 5 unspecified atom stereocenters. The van der Waals surface area contributed by atoms with Crippen molar-refractivity contribution in [3.8, 4) is 0 Å². The van der Waals surface area contributed by atoms with E-state index >= 15 is 0 Å². The first-order valence-corrected chi connectivity index (χ1v) is 13.7. The van der Waals surface area contributed by atoms with E-state index in [1.54, 1.807) is 41.5 Å². The molecular weight excluding hydrogens is 472 g/mol. The van der Waals surface area contributed by atoms with E-state index in [-0.39, 0.29) is 35.5 Å². The molecule has 4 N–H and O–H groups in total. The summed E-state index contributed by atoms with van der Waals surface area (Å²) in [5, 5.41) is 45.6. The molecule has 7 heteroatoms. The summed E-state index contributed by atoms with van der Waals surface area (Å²) in [6.07, 6.45) is 0. The minimum absolute atomic E-state index is 0.0423. The van der Waals surface area contributed by atoms with Crippen LogP contribution < -0.4 is 0 Å². The van der Waals surface area contributed by atoms with Crippen LogP contribution >= 0.6 is 0 Å². The van der Waals surface area contributed by atoms with Gasteiger partial charge in [-0.25, -0.2) is 4.79 Å². The zero-order chi connectivity index (χ0) is 30.3. The van der Waals surface area contributed by atoms with Crippen LogP contribution in [0.15, 0.2) is 0 Å². The van der Waals surface area contributed by atoms with Gasteiger partial charge in [-0.2, -0.15) is 0 Å². The van der Waals surface area contributed by atoms with E-state index in [0.717, 1.165) is 0 Å². The number of carbonyl (C=O) groups is 3. The molecule has 0 rings (SSSR count). The van der Waals surface area contributed by atoms with Crippen LogP contribution in [-0.2, 0) is 14.4 Å². The third kappa shape index (κ3) is 5.18. The fourth-order valence-electron chi connectivity index (χ4n) is 7.53. The highest BCUT2D eigenvalue weighted by molar-refractivity contribution is 5.95. The summed E-state index contributed by atoms with van der Waals surface area (Å²) in [4.78, 5) is 40.5. The molecule has 7 nitrogen and oxygen atoms in total. The molecule has 0 amide bonds. The topological polar surface area (TPSA) is 132 Å². The van der Waals surface area contributed by atoms with E-state index in [0.29, 0.717) is 0 Å². The molecule has 0 saturated carbocycles. The van der Waals surface area contributed by atoms with E-state index in [1.165, 1.54) is 0 Å². The van der Waals surface area contributed by atoms with Crippen molar-refractivity contribution in [2.75, 3.05) is 0 Å². The fourth-order valence-corrected chi connectivity index (χ4v) is 7.53. The Kier molecular flexibility index (Phi) is 10.7. The summed E-state index contributed by atoms with van der Waals surface area (Å²) in [5.41, 5.74) is -9.53. The van der Waals surface area contributed by atoms with Gasteiger partial charge in [0.2, 0.25) is 0 Å². The van der Waals surface area contributed by atoms with Crippen molar-refractivity contribution >= 4 is 17.9 Å². The number of aliphatic hydroxyl groups is 1. The van der Waals surface area contributed by atoms with Gasteiger partial charge in [-0.1, -0.05) is 104 Å². The molecule has 37 heavy (non-hydrogen) atoms. The van der Waals surface area contributed by atoms with Crippen molar-refractivity contribution in [2.45, 2.75) is 109 Å². The Hall–Kier alpha value is -1.63. The first-order chi connectivity index (χ1) is 16.3. The largest absolute Gasteiger partial charge is 0.481 e. The van der Waals surface area contributed by atoms with Crippen LogP contribution in [0.4, 0.5) is 0 Å². The first kappa shape index (κ1) is 35.4. The SMILES string of the molecule is CC(C)C(C)C(C)(C)C(C(=O)O)C(O)(C(=O)O)C(C(=O)O)(C(C)(C)C(C)C(C)C)C(C)(C)C(C)C(C)C. The summed E-state index contributed by atoms with van der Waals surface area (Å²) in [7, 11) is 0. The molecule has 0 aliphatic heterocycles. The number of rotatable bonds is 14. The zero-order valence-electron chi connectivity index (χ0n) is 26.1. The number of hydrogen-bond acceptors (Lipinski definition) is 4. The Balaban J connectivity index is 8.52. The lowest BCUT2D eigenvalue weighted by atomic mass is 9.37. The highest BCUT2D eigenvalue weighted by Gasteiger charge is 2.80. The minimum atomic E-state index is -3.16. The predicted molar refractivity (Wildman–Crippen MR) is 147 cm³/mol. The third-order valence-corrected chi connectivity index (χ3v) is 11.0. The Labute approximate surface area is 225 Å². The molecular formula is C30H56O7. The van der Waals surface area contributed by atoms with Crippen molar-refractivity contribution in [3.63, 3.8) is 0 Å². The highest BCUT2D eigenvalue weighted by Crippen LogP contribution is 2.68. The Morgan fingerprint density at radius 3 is 1.03 bits per heavy atom. The number of carboxylic acid groups (broad SMARTS) is 3. The summed E-state index contributed by atoms with van der Waals surface area (Å²) in [6, 6.07) is 0. The molecule has 0 aliphatic carbocycles. The second-order valence-corrected chi connectivity index (χ2v) is 14.3. The first-order valence-electron chi connectivity index (χ1n) is 13.7. The number of aliphatic carboxylic acids is 3. The van der Waals surface area contributed by atoms with Crippen LogP contribution in [0.3, 0.4) is 0 Å².